The van der Waals surface area contributed by atoms with Crippen LogP contribution in [-0.4, -0.2) is 53.3 Å². The maximum atomic E-state index is 13.0. The molecule has 0 saturated carbocycles. The lowest BCUT2D eigenvalue weighted by molar-refractivity contribution is -0.135. The van der Waals surface area contributed by atoms with E-state index >= 15 is 0 Å². The third-order valence-electron chi connectivity index (χ3n) is 5.57. The fourth-order valence-electron chi connectivity index (χ4n) is 4.15. The van der Waals surface area contributed by atoms with Crippen LogP contribution in [0.15, 0.2) is 30.3 Å². The molecule has 3 atom stereocenters. The van der Waals surface area contributed by atoms with Gasteiger partial charge in [-0.25, -0.2) is 0 Å². The summed E-state index contributed by atoms with van der Waals surface area (Å²) >= 11 is 0. The van der Waals surface area contributed by atoms with Crippen molar-refractivity contribution in [3.05, 3.63) is 35.9 Å². The number of rotatable bonds is 3. The van der Waals surface area contributed by atoms with Crippen LogP contribution >= 0.6 is 12.4 Å². The summed E-state index contributed by atoms with van der Waals surface area (Å²) in [6, 6.07) is 10.3. The van der Waals surface area contributed by atoms with Gasteiger partial charge in [-0.3, -0.25) is 9.59 Å². The summed E-state index contributed by atoms with van der Waals surface area (Å²) in [5.41, 5.74) is 6.99. The van der Waals surface area contributed by atoms with Crippen molar-refractivity contribution in [3.63, 3.8) is 0 Å². The highest BCUT2D eigenvalue weighted by Crippen LogP contribution is 2.34. The Kier molecular flexibility index (Phi) is 6.35. The first kappa shape index (κ1) is 20.7. The predicted molar refractivity (Wildman–Crippen MR) is 105 cm³/mol. The second-order valence-electron chi connectivity index (χ2n) is 8.33. The lowest BCUT2D eigenvalue weighted by Crippen LogP contribution is -2.43. The van der Waals surface area contributed by atoms with E-state index in [4.69, 9.17) is 5.73 Å². The zero-order valence-corrected chi connectivity index (χ0v) is 16.7. The van der Waals surface area contributed by atoms with Crippen molar-refractivity contribution < 1.29 is 9.59 Å². The maximum absolute atomic E-state index is 13.0. The number of nitrogens with zero attached hydrogens (tertiary/aromatic N) is 2. The number of carbonyl (C=O) groups excluding carboxylic acids is 2. The molecule has 2 aliphatic heterocycles. The standard InChI is InChI=1S/C20H29N3O2.ClH/c1-20(2,3)23-12-15(9-18(23)24)19(25)22-11-16(10-21)17(13-22)14-7-5-4-6-8-14;/h4-8,15-17H,9-13,21H2,1-3H3;1H/t15?,16-,17+;/m1./s1. The van der Waals surface area contributed by atoms with Crippen LogP contribution in [0.2, 0.25) is 0 Å². The van der Waals surface area contributed by atoms with E-state index in [1.54, 1.807) is 0 Å². The third kappa shape index (κ3) is 4.04. The van der Waals surface area contributed by atoms with E-state index in [-0.39, 0.29) is 47.5 Å². The Morgan fingerprint density at radius 2 is 1.81 bits per heavy atom. The molecule has 2 saturated heterocycles. The largest absolute Gasteiger partial charge is 0.341 e. The zero-order valence-electron chi connectivity index (χ0n) is 15.9. The van der Waals surface area contributed by atoms with E-state index < -0.39 is 0 Å². The highest BCUT2D eigenvalue weighted by Gasteiger charge is 2.43. The Labute approximate surface area is 162 Å². The number of halogens is 1. The van der Waals surface area contributed by atoms with Crippen LogP contribution in [0, 0.1) is 11.8 Å². The molecule has 6 heteroatoms. The van der Waals surface area contributed by atoms with Gasteiger partial charge in [-0.1, -0.05) is 30.3 Å². The topological polar surface area (TPSA) is 66.6 Å². The highest BCUT2D eigenvalue weighted by molar-refractivity contribution is 5.89. The van der Waals surface area contributed by atoms with E-state index in [0.717, 1.165) is 0 Å². The van der Waals surface area contributed by atoms with Crippen LogP contribution in [0.4, 0.5) is 0 Å². The molecule has 1 unspecified atom stereocenters. The van der Waals surface area contributed by atoms with Gasteiger partial charge < -0.3 is 15.5 Å². The molecule has 2 N–H and O–H groups in total. The molecule has 2 fully saturated rings. The minimum Gasteiger partial charge on any atom is -0.341 e. The number of hydrogen-bond acceptors (Lipinski definition) is 3. The summed E-state index contributed by atoms with van der Waals surface area (Å²) in [6.07, 6.45) is 0.329. The van der Waals surface area contributed by atoms with Crippen molar-refractivity contribution in [2.45, 2.75) is 38.6 Å². The quantitative estimate of drug-likeness (QED) is 0.875. The van der Waals surface area contributed by atoms with Crippen LogP contribution < -0.4 is 5.73 Å². The minimum absolute atomic E-state index is 0. The third-order valence-corrected chi connectivity index (χ3v) is 5.57. The first-order valence-corrected chi connectivity index (χ1v) is 9.15. The van der Waals surface area contributed by atoms with Gasteiger partial charge in [0, 0.05) is 37.5 Å². The van der Waals surface area contributed by atoms with Gasteiger partial charge in [-0.15, -0.1) is 12.4 Å². The smallest absolute Gasteiger partial charge is 0.228 e. The molecule has 5 nitrogen and oxygen atoms in total. The second kappa shape index (κ2) is 7.97. The van der Waals surface area contributed by atoms with E-state index in [1.807, 2.05) is 48.8 Å². The van der Waals surface area contributed by atoms with E-state index in [2.05, 4.69) is 12.1 Å². The number of benzene rings is 1. The SMILES string of the molecule is CC(C)(C)N1CC(C(=O)N2C[C@@H](CN)[C@H](c3ccccc3)C2)CC1=O.Cl. The van der Waals surface area contributed by atoms with Crippen LogP contribution in [0.1, 0.15) is 38.7 Å². The van der Waals surface area contributed by atoms with Gasteiger partial charge in [-0.05, 0) is 38.8 Å². The van der Waals surface area contributed by atoms with Gasteiger partial charge in [-0.2, -0.15) is 0 Å². The van der Waals surface area contributed by atoms with E-state index in [9.17, 15) is 9.59 Å². The Morgan fingerprint density at radius 3 is 2.35 bits per heavy atom. The number of hydrogen-bond donors (Lipinski definition) is 1. The van der Waals surface area contributed by atoms with Crippen LogP contribution in [0.25, 0.3) is 0 Å². The van der Waals surface area contributed by atoms with Gasteiger partial charge in [0.1, 0.15) is 0 Å². The van der Waals surface area contributed by atoms with Crippen molar-refractivity contribution in [2.75, 3.05) is 26.2 Å². The Morgan fingerprint density at radius 1 is 1.15 bits per heavy atom. The van der Waals surface area contributed by atoms with Gasteiger partial charge in [0.2, 0.25) is 11.8 Å². The van der Waals surface area contributed by atoms with Crippen molar-refractivity contribution in [1.82, 2.24) is 9.80 Å². The Bertz CT molecular complexity index is 644. The summed E-state index contributed by atoms with van der Waals surface area (Å²) in [5.74, 6) is 0.532. The summed E-state index contributed by atoms with van der Waals surface area (Å²) in [6.45, 7) is 8.54. The fraction of sp³-hybridized carbons (Fsp3) is 0.600. The Balaban J connectivity index is 0.00000243. The predicted octanol–water partition coefficient (Wildman–Crippen LogP) is 2.26. The van der Waals surface area contributed by atoms with Gasteiger partial charge in [0.15, 0.2) is 0 Å². The van der Waals surface area contributed by atoms with Crippen molar-refractivity contribution in [2.24, 2.45) is 17.6 Å². The molecule has 0 aliphatic carbocycles. The molecule has 3 rings (SSSR count). The van der Waals surface area contributed by atoms with Crippen molar-refractivity contribution in [1.29, 1.82) is 0 Å². The average molecular weight is 380 g/mol. The molecule has 1 aromatic rings. The van der Waals surface area contributed by atoms with E-state index in [0.29, 0.717) is 32.6 Å². The number of likely N-dealkylation sites (tertiary alicyclic amines) is 2. The molecule has 0 bridgehead atoms. The van der Waals surface area contributed by atoms with Crippen LogP contribution in [0.3, 0.4) is 0 Å². The summed E-state index contributed by atoms with van der Waals surface area (Å²) < 4.78 is 0. The van der Waals surface area contributed by atoms with Gasteiger partial charge in [0.25, 0.3) is 0 Å². The van der Waals surface area contributed by atoms with Crippen LogP contribution in [-0.2, 0) is 9.59 Å². The average Bonchev–Trinajstić information content (AvgIpc) is 3.18. The van der Waals surface area contributed by atoms with Crippen molar-refractivity contribution in [3.8, 4) is 0 Å². The second-order valence-corrected chi connectivity index (χ2v) is 8.33. The van der Waals surface area contributed by atoms with Crippen molar-refractivity contribution >= 4 is 24.2 Å². The van der Waals surface area contributed by atoms with E-state index in [1.165, 1.54) is 5.56 Å². The molecule has 144 valence electrons. The lowest BCUT2D eigenvalue weighted by atomic mass is 9.89. The zero-order chi connectivity index (χ0) is 18.2. The maximum Gasteiger partial charge on any atom is 0.228 e. The number of carbonyl (C=O) groups is 2. The van der Waals surface area contributed by atoms with Gasteiger partial charge >= 0.3 is 0 Å². The first-order chi connectivity index (χ1) is 11.8. The molecule has 0 aromatic heterocycles. The molecule has 2 amide bonds. The van der Waals surface area contributed by atoms with Gasteiger partial charge in [0.05, 0.1) is 5.92 Å². The molecular formula is C20H30ClN3O2. The molecule has 1 aromatic carbocycles. The first-order valence-electron chi connectivity index (χ1n) is 9.15. The molecule has 0 radical (unpaired) electrons. The summed E-state index contributed by atoms with van der Waals surface area (Å²) in [5, 5.41) is 0. The van der Waals surface area contributed by atoms with Crippen LogP contribution in [0.5, 0.6) is 0 Å². The molecule has 0 spiro atoms. The lowest BCUT2D eigenvalue weighted by Gasteiger charge is -2.32. The molecule has 26 heavy (non-hydrogen) atoms. The molecule has 2 aliphatic rings. The summed E-state index contributed by atoms with van der Waals surface area (Å²) in [4.78, 5) is 29.1. The number of nitrogens with two attached hydrogens (primary N) is 1. The Hall–Kier alpha value is -1.59. The fourth-order valence-corrected chi connectivity index (χ4v) is 4.15. The summed E-state index contributed by atoms with van der Waals surface area (Å²) in [7, 11) is 0. The molecular weight excluding hydrogens is 350 g/mol. The monoisotopic (exact) mass is 379 g/mol. The number of amides is 2. The molecule has 2 heterocycles. The normalized spacial score (nSPS) is 26.2. The highest BCUT2D eigenvalue weighted by atomic mass is 35.5. The minimum atomic E-state index is -0.233.